The normalized spacial score (nSPS) is 21.1. The molecule has 3 rings (SSSR count). The SMILES string of the molecule is COC(=O)c1cccn(C[C@@H]2CN(C(=O)O)CC(C(C)(C)C)O[C@H]2c2ccc(Cl)c(F)c2)c1=O. The second-order valence-electron chi connectivity index (χ2n) is 9.40. The van der Waals surface area contributed by atoms with Crippen LogP contribution in [-0.2, 0) is 16.0 Å². The molecule has 1 amide bonds. The Kier molecular flexibility index (Phi) is 7.67. The van der Waals surface area contributed by atoms with Gasteiger partial charge in [0.15, 0.2) is 0 Å². The summed E-state index contributed by atoms with van der Waals surface area (Å²) in [4.78, 5) is 38.2. The summed E-state index contributed by atoms with van der Waals surface area (Å²) >= 11 is 5.87. The average molecular weight is 495 g/mol. The number of carbonyl (C=O) groups is 2. The van der Waals surface area contributed by atoms with Gasteiger partial charge in [0, 0.05) is 25.2 Å². The number of halogens is 2. The monoisotopic (exact) mass is 494 g/mol. The molecule has 0 saturated carbocycles. The molecule has 1 unspecified atom stereocenters. The molecule has 1 aromatic carbocycles. The molecule has 1 aliphatic heterocycles. The van der Waals surface area contributed by atoms with Crippen LogP contribution in [0.25, 0.3) is 0 Å². The third kappa shape index (κ3) is 5.59. The molecule has 0 spiro atoms. The number of esters is 1. The Morgan fingerprint density at radius 3 is 2.56 bits per heavy atom. The van der Waals surface area contributed by atoms with Crippen LogP contribution in [0, 0.1) is 17.2 Å². The Hall–Kier alpha value is -2.91. The van der Waals surface area contributed by atoms with Crippen molar-refractivity contribution in [2.24, 2.45) is 11.3 Å². The van der Waals surface area contributed by atoms with Gasteiger partial charge in [0.25, 0.3) is 5.56 Å². The largest absolute Gasteiger partial charge is 0.465 e. The van der Waals surface area contributed by atoms with Gasteiger partial charge in [-0.3, -0.25) is 4.79 Å². The second kappa shape index (κ2) is 10.1. The second-order valence-corrected chi connectivity index (χ2v) is 9.81. The van der Waals surface area contributed by atoms with E-state index >= 15 is 0 Å². The fourth-order valence-electron chi connectivity index (χ4n) is 4.01. The smallest absolute Gasteiger partial charge is 0.407 e. The summed E-state index contributed by atoms with van der Waals surface area (Å²) in [5, 5.41) is 9.79. The Morgan fingerprint density at radius 2 is 1.97 bits per heavy atom. The van der Waals surface area contributed by atoms with Crippen molar-refractivity contribution in [3.63, 3.8) is 0 Å². The Morgan fingerprint density at radius 1 is 1.26 bits per heavy atom. The molecule has 0 bridgehead atoms. The molecule has 8 nitrogen and oxygen atoms in total. The Balaban J connectivity index is 2.10. The molecular formula is C24H28ClFN2O6. The van der Waals surface area contributed by atoms with E-state index in [2.05, 4.69) is 4.74 Å². The van der Waals surface area contributed by atoms with E-state index in [1.165, 1.54) is 47.0 Å². The van der Waals surface area contributed by atoms with Crippen LogP contribution >= 0.6 is 11.6 Å². The summed E-state index contributed by atoms with van der Waals surface area (Å²) < 4.78 is 26.8. The van der Waals surface area contributed by atoms with Crippen molar-refractivity contribution in [1.82, 2.24) is 9.47 Å². The predicted octanol–water partition coefficient (Wildman–Crippen LogP) is 4.21. The minimum Gasteiger partial charge on any atom is -0.465 e. The molecule has 1 aromatic heterocycles. The van der Waals surface area contributed by atoms with E-state index in [-0.39, 0.29) is 30.2 Å². The first-order valence-corrected chi connectivity index (χ1v) is 11.2. The van der Waals surface area contributed by atoms with Gasteiger partial charge in [0.2, 0.25) is 0 Å². The van der Waals surface area contributed by atoms with E-state index < -0.39 is 47.0 Å². The topological polar surface area (TPSA) is 98.1 Å². The first kappa shape index (κ1) is 25.7. The van der Waals surface area contributed by atoms with Gasteiger partial charge in [-0.05, 0) is 35.2 Å². The molecule has 184 valence electrons. The van der Waals surface area contributed by atoms with Gasteiger partial charge >= 0.3 is 12.1 Å². The zero-order chi connectivity index (χ0) is 25.2. The standard InChI is InChI=1S/C24H28ClFN2O6/c1-24(2,3)19-13-28(23(31)32)12-15(20(34-19)14-7-8-17(25)18(26)10-14)11-27-9-5-6-16(21(27)29)22(30)33-4/h5-10,15,19-20H,11-13H2,1-4H3,(H,31,32)/t15-,19?,20+/m1/s1. The third-order valence-corrected chi connectivity index (χ3v) is 6.25. The van der Waals surface area contributed by atoms with Gasteiger partial charge in [0.05, 0.1) is 30.9 Å². The van der Waals surface area contributed by atoms with Crippen molar-refractivity contribution in [1.29, 1.82) is 0 Å². The van der Waals surface area contributed by atoms with Crippen LogP contribution in [0.2, 0.25) is 5.02 Å². The van der Waals surface area contributed by atoms with Crippen molar-refractivity contribution >= 4 is 23.7 Å². The number of carboxylic acid groups (broad SMARTS) is 1. The third-order valence-electron chi connectivity index (χ3n) is 5.95. The van der Waals surface area contributed by atoms with Crippen LogP contribution in [0.4, 0.5) is 9.18 Å². The Labute approximate surface area is 201 Å². The van der Waals surface area contributed by atoms with Crippen LogP contribution < -0.4 is 5.56 Å². The van der Waals surface area contributed by atoms with Crippen molar-refractivity contribution in [2.45, 2.75) is 39.5 Å². The van der Waals surface area contributed by atoms with E-state index in [4.69, 9.17) is 16.3 Å². The van der Waals surface area contributed by atoms with E-state index in [0.29, 0.717) is 5.56 Å². The highest BCUT2D eigenvalue weighted by atomic mass is 35.5. The fourth-order valence-corrected chi connectivity index (χ4v) is 4.13. The predicted molar refractivity (Wildman–Crippen MR) is 124 cm³/mol. The first-order chi connectivity index (χ1) is 15.9. The van der Waals surface area contributed by atoms with Crippen molar-refractivity contribution < 1.29 is 28.6 Å². The van der Waals surface area contributed by atoms with Gasteiger partial charge in [-0.15, -0.1) is 0 Å². The number of carbonyl (C=O) groups excluding carboxylic acids is 1. The number of hydrogen-bond donors (Lipinski definition) is 1. The number of aromatic nitrogens is 1. The maximum Gasteiger partial charge on any atom is 0.407 e. The zero-order valence-electron chi connectivity index (χ0n) is 19.5. The number of hydrogen-bond acceptors (Lipinski definition) is 5. The Bertz CT molecular complexity index is 1130. The lowest BCUT2D eigenvalue weighted by atomic mass is 9.88. The lowest BCUT2D eigenvalue weighted by Crippen LogP contribution is -2.42. The molecule has 1 fully saturated rings. The lowest BCUT2D eigenvalue weighted by Gasteiger charge is -2.34. The van der Waals surface area contributed by atoms with Crippen LogP contribution in [0.3, 0.4) is 0 Å². The van der Waals surface area contributed by atoms with Crippen LogP contribution in [0.1, 0.15) is 42.8 Å². The van der Waals surface area contributed by atoms with E-state index in [1.54, 1.807) is 6.07 Å². The van der Waals surface area contributed by atoms with Gasteiger partial charge in [-0.1, -0.05) is 38.4 Å². The van der Waals surface area contributed by atoms with Crippen molar-refractivity contribution in [2.75, 3.05) is 20.2 Å². The van der Waals surface area contributed by atoms with E-state index in [9.17, 15) is 23.9 Å². The van der Waals surface area contributed by atoms with Crippen LogP contribution in [0.15, 0.2) is 41.3 Å². The van der Waals surface area contributed by atoms with Crippen molar-refractivity contribution in [3.05, 3.63) is 68.8 Å². The minimum absolute atomic E-state index is 0.0270. The molecule has 10 heteroatoms. The molecule has 1 aliphatic rings. The molecule has 2 heterocycles. The average Bonchev–Trinajstić information content (AvgIpc) is 2.97. The summed E-state index contributed by atoms with van der Waals surface area (Å²) in [6.07, 6.45) is -0.864. The van der Waals surface area contributed by atoms with Gasteiger partial charge in [-0.2, -0.15) is 0 Å². The minimum atomic E-state index is -1.12. The molecule has 34 heavy (non-hydrogen) atoms. The number of rotatable bonds is 4. The first-order valence-electron chi connectivity index (χ1n) is 10.8. The van der Waals surface area contributed by atoms with E-state index in [0.717, 1.165) is 0 Å². The lowest BCUT2D eigenvalue weighted by molar-refractivity contribution is -0.0790. The maximum absolute atomic E-state index is 14.4. The summed E-state index contributed by atoms with van der Waals surface area (Å²) in [6, 6.07) is 7.22. The van der Waals surface area contributed by atoms with Gasteiger partial charge in [-0.25, -0.2) is 14.0 Å². The highest BCUT2D eigenvalue weighted by Gasteiger charge is 2.40. The van der Waals surface area contributed by atoms with Crippen LogP contribution in [-0.4, -0.2) is 52.9 Å². The van der Waals surface area contributed by atoms with Crippen molar-refractivity contribution in [3.8, 4) is 0 Å². The summed E-state index contributed by atoms with van der Waals surface area (Å²) in [6.45, 7) is 5.97. The van der Waals surface area contributed by atoms with Gasteiger partial charge in [0.1, 0.15) is 11.4 Å². The molecule has 1 saturated heterocycles. The highest BCUT2D eigenvalue weighted by Crippen LogP contribution is 2.38. The highest BCUT2D eigenvalue weighted by molar-refractivity contribution is 6.30. The molecule has 0 aliphatic carbocycles. The summed E-state index contributed by atoms with van der Waals surface area (Å²) in [7, 11) is 1.18. The number of amides is 1. The maximum atomic E-state index is 14.4. The van der Waals surface area contributed by atoms with E-state index in [1.807, 2.05) is 20.8 Å². The number of nitrogens with zero attached hydrogens (tertiary/aromatic N) is 2. The quantitative estimate of drug-likeness (QED) is 0.639. The number of methoxy groups -OCH3 is 1. The molecule has 2 aromatic rings. The molecule has 0 radical (unpaired) electrons. The number of ether oxygens (including phenoxy) is 2. The molecule has 3 atom stereocenters. The number of benzene rings is 1. The van der Waals surface area contributed by atoms with Gasteiger partial charge < -0.3 is 24.0 Å². The molecule has 1 N–H and O–H groups in total. The summed E-state index contributed by atoms with van der Waals surface area (Å²) in [5.74, 6) is -1.97. The fraction of sp³-hybridized carbons (Fsp3) is 0.458. The summed E-state index contributed by atoms with van der Waals surface area (Å²) in [5.41, 5.74) is -0.663. The number of pyridine rings is 1. The van der Waals surface area contributed by atoms with Crippen LogP contribution in [0.5, 0.6) is 0 Å². The molecular weight excluding hydrogens is 467 g/mol. The zero-order valence-corrected chi connectivity index (χ0v) is 20.2.